The maximum Gasteiger partial charge on any atom is 0.222 e. The number of benzene rings is 1. The molecule has 0 radical (unpaired) electrons. The minimum atomic E-state index is 0. The Morgan fingerprint density at radius 3 is 2.82 bits per heavy atom. The Kier molecular flexibility index (Phi) is 6.18. The van der Waals surface area contributed by atoms with Crippen LogP contribution in [0, 0.1) is 11.3 Å². The Bertz CT molecular complexity index is 1020. The summed E-state index contributed by atoms with van der Waals surface area (Å²) in [6.07, 6.45) is 5.99. The molecule has 0 spiro atoms. The van der Waals surface area contributed by atoms with Crippen LogP contribution in [0.15, 0.2) is 30.6 Å². The van der Waals surface area contributed by atoms with Gasteiger partial charge in [0.15, 0.2) is 0 Å². The van der Waals surface area contributed by atoms with Gasteiger partial charge < -0.3 is 9.30 Å². The van der Waals surface area contributed by atoms with Gasteiger partial charge in [0.05, 0.1) is 23.0 Å². The Balaban J connectivity index is 0.00000225. The Labute approximate surface area is 170 Å². The van der Waals surface area contributed by atoms with Crippen LogP contribution in [0.2, 0.25) is 5.28 Å². The lowest BCUT2D eigenvalue weighted by Gasteiger charge is -2.15. The van der Waals surface area contributed by atoms with Crippen LogP contribution in [0.5, 0.6) is 5.75 Å². The van der Waals surface area contributed by atoms with E-state index in [9.17, 15) is 5.26 Å². The lowest BCUT2D eigenvalue weighted by molar-refractivity contribution is 0.238. The molecule has 1 aliphatic rings. The highest BCUT2D eigenvalue weighted by Gasteiger charge is 2.16. The molecule has 146 valence electrons. The summed E-state index contributed by atoms with van der Waals surface area (Å²) in [5.41, 5.74) is 2.82. The number of nitriles is 1. The fourth-order valence-corrected chi connectivity index (χ4v) is 3.72. The smallest absolute Gasteiger partial charge is 0.222 e. The first-order chi connectivity index (χ1) is 13.2. The van der Waals surface area contributed by atoms with Crippen molar-refractivity contribution >= 4 is 22.5 Å². The van der Waals surface area contributed by atoms with Crippen LogP contribution in [0.1, 0.15) is 25.8 Å². The number of hydrogen-bond donors (Lipinski definition) is 0. The van der Waals surface area contributed by atoms with Gasteiger partial charge in [0.25, 0.3) is 0 Å². The lowest BCUT2D eigenvalue weighted by atomic mass is 10.1. The summed E-state index contributed by atoms with van der Waals surface area (Å²) in [5.74, 6) is 0.843. The third kappa shape index (κ3) is 3.96. The number of halogens is 1. The van der Waals surface area contributed by atoms with E-state index in [0.717, 1.165) is 28.8 Å². The standard InChI is InChI=1S/C20H20ClN5O.CH4/c1-25-13-17(19-14(11-22)12-23-20(21)24-19)16-5-4-15(10-18(16)25)27-9-8-26-6-2-3-7-26;/h4-5,10,12-13H,2-3,6-9H2,1H3;1H4. The van der Waals surface area contributed by atoms with Crippen molar-refractivity contribution in [3.63, 3.8) is 0 Å². The molecule has 0 aliphatic carbocycles. The summed E-state index contributed by atoms with van der Waals surface area (Å²) in [4.78, 5) is 10.6. The topological polar surface area (TPSA) is 67.0 Å². The number of rotatable bonds is 5. The summed E-state index contributed by atoms with van der Waals surface area (Å²) in [6.45, 7) is 3.99. The predicted octanol–water partition coefficient (Wildman–Crippen LogP) is 4.27. The van der Waals surface area contributed by atoms with E-state index >= 15 is 0 Å². The van der Waals surface area contributed by atoms with Gasteiger partial charge in [-0.1, -0.05) is 7.43 Å². The van der Waals surface area contributed by atoms with Gasteiger partial charge in [-0.15, -0.1) is 0 Å². The largest absolute Gasteiger partial charge is 0.492 e. The highest BCUT2D eigenvalue weighted by Crippen LogP contribution is 2.33. The number of nitrogens with zero attached hydrogens (tertiary/aromatic N) is 5. The molecule has 1 saturated heterocycles. The van der Waals surface area contributed by atoms with Crippen molar-refractivity contribution in [1.82, 2.24) is 19.4 Å². The second-order valence-corrected chi connectivity index (χ2v) is 7.08. The number of ether oxygens (including phenoxy) is 1. The van der Waals surface area contributed by atoms with Crippen LogP contribution in [0.3, 0.4) is 0 Å². The van der Waals surface area contributed by atoms with Crippen LogP contribution in [-0.2, 0) is 7.05 Å². The van der Waals surface area contributed by atoms with Gasteiger partial charge in [-0.3, -0.25) is 4.90 Å². The van der Waals surface area contributed by atoms with Gasteiger partial charge in [-0.25, -0.2) is 9.97 Å². The normalized spacial score (nSPS) is 14.0. The molecule has 7 heteroatoms. The summed E-state index contributed by atoms with van der Waals surface area (Å²) >= 11 is 5.96. The molecule has 4 rings (SSSR count). The number of aromatic nitrogens is 3. The van der Waals surface area contributed by atoms with Gasteiger partial charge in [0, 0.05) is 36.8 Å². The first kappa shape index (κ1) is 20.1. The highest BCUT2D eigenvalue weighted by molar-refractivity contribution is 6.28. The fraction of sp³-hybridized carbons (Fsp3) is 0.381. The van der Waals surface area contributed by atoms with E-state index < -0.39 is 0 Å². The van der Waals surface area contributed by atoms with Gasteiger partial charge in [-0.2, -0.15) is 5.26 Å². The monoisotopic (exact) mass is 397 g/mol. The average Bonchev–Trinajstić information content (AvgIpc) is 3.30. The van der Waals surface area contributed by atoms with E-state index in [-0.39, 0.29) is 12.7 Å². The van der Waals surface area contributed by atoms with E-state index in [0.29, 0.717) is 17.9 Å². The third-order valence-corrected chi connectivity index (χ3v) is 5.15. The molecule has 0 N–H and O–H groups in total. The quantitative estimate of drug-likeness (QED) is 0.601. The van der Waals surface area contributed by atoms with Crippen molar-refractivity contribution < 1.29 is 4.74 Å². The zero-order valence-corrected chi connectivity index (χ0v) is 15.9. The average molecular weight is 398 g/mol. The molecule has 0 atom stereocenters. The SMILES string of the molecule is C.Cn1cc(-c2nc(Cl)ncc2C#N)c2ccc(OCCN3CCCC3)cc21. The Hall–Kier alpha value is -2.62. The highest BCUT2D eigenvalue weighted by atomic mass is 35.5. The molecule has 1 fully saturated rings. The molecule has 28 heavy (non-hydrogen) atoms. The molecule has 0 saturated carbocycles. The molecule has 6 nitrogen and oxygen atoms in total. The van der Waals surface area contributed by atoms with Crippen LogP contribution < -0.4 is 4.74 Å². The van der Waals surface area contributed by atoms with E-state index in [1.165, 1.54) is 32.1 Å². The molecule has 2 aromatic heterocycles. The molecule has 1 aromatic carbocycles. The number of fused-ring (bicyclic) bond motifs is 1. The van der Waals surface area contributed by atoms with Crippen molar-refractivity contribution in [2.75, 3.05) is 26.2 Å². The molecule has 1 aliphatic heterocycles. The van der Waals surface area contributed by atoms with Crippen LogP contribution in [0.25, 0.3) is 22.2 Å². The maximum absolute atomic E-state index is 9.38. The van der Waals surface area contributed by atoms with E-state index in [1.807, 2.05) is 36.0 Å². The number of hydrogen-bond acceptors (Lipinski definition) is 5. The zero-order chi connectivity index (χ0) is 18.8. The number of aryl methyl sites for hydroxylation is 1. The van der Waals surface area contributed by atoms with E-state index in [2.05, 4.69) is 20.9 Å². The molecule has 0 unspecified atom stereocenters. The van der Waals surface area contributed by atoms with Crippen LogP contribution in [0.4, 0.5) is 0 Å². The Morgan fingerprint density at radius 2 is 2.07 bits per heavy atom. The van der Waals surface area contributed by atoms with Gasteiger partial charge in [0.2, 0.25) is 5.28 Å². The van der Waals surface area contributed by atoms with E-state index in [1.54, 1.807) is 0 Å². The van der Waals surface area contributed by atoms with Crippen molar-refractivity contribution in [3.8, 4) is 23.1 Å². The van der Waals surface area contributed by atoms with E-state index in [4.69, 9.17) is 16.3 Å². The van der Waals surface area contributed by atoms with Crippen molar-refractivity contribution in [1.29, 1.82) is 5.26 Å². The predicted molar refractivity (Wildman–Crippen MR) is 112 cm³/mol. The van der Waals surface area contributed by atoms with Crippen LogP contribution >= 0.6 is 11.6 Å². The van der Waals surface area contributed by atoms with Crippen molar-refractivity contribution in [2.45, 2.75) is 20.3 Å². The molecule has 0 bridgehead atoms. The van der Waals surface area contributed by atoms with Gasteiger partial charge in [0.1, 0.15) is 18.4 Å². The summed E-state index contributed by atoms with van der Waals surface area (Å²) in [6, 6.07) is 8.13. The second kappa shape index (κ2) is 8.59. The van der Waals surface area contributed by atoms with Crippen LogP contribution in [-0.4, -0.2) is 45.7 Å². The summed E-state index contributed by atoms with van der Waals surface area (Å²) in [7, 11) is 1.97. The zero-order valence-electron chi connectivity index (χ0n) is 15.2. The fourth-order valence-electron chi connectivity index (χ4n) is 3.59. The van der Waals surface area contributed by atoms with Gasteiger partial charge >= 0.3 is 0 Å². The molecule has 0 amide bonds. The summed E-state index contributed by atoms with van der Waals surface area (Å²) in [5, 5.41) is 10.5. The van der Waals surface area contributed by atoms with Crippen molar-refractivity contribution in [2.24, 2.45) is 7.05 Å². The molecular formula is C21H24ClN5O. The number of likely N-dealkylation sites (tertiary alicyclic amines) is 1. The lowest BCUT2D eigenvalue weighted by Crippen LogP contribution is -2.25. The molecular weight excluding hydrogens is 374 g/mol. The minimum absolute atomic E-state index is 0. The summed E-state index contributed by atoms with van der Waals surface area (Å²) < 4.78 is 7.97. The second-order valence-electron chi connectivity index (χ2n) is 6.74. The van der Waals surface area contributed by atoms with Gasteiger partial charge in [-0.05, 0) is 49.7 Å². The third-order valence-electron chi connectivity index (χ3n) is 4.97. The first-order valence-electron chi connectivity index (χ1n) is 9.03. The first-order valence-corrected chi connectivity index (χ1v) is 9.41. The maximum atomic E-state index is 9.38. The molecule has 3 aromatic rings. The molecule has 3 heterocycles. The Morgan fingerprint density at radius 1 is 1.29 bits per heavy atom. The minimum Gasteiger partial charge on any atom is -0.492 e. The van der Waals surface area contributed by atoms with Crippen molar-refractivity contribution in [3.05, 3.63) is 41.4 Å².